The van der Waals surface area contributed by atoms with Gasteiger partial charge < -0.3 is 10.1 Å². The topological polar surface area (TPSA) is 68.3 Å². The van der Waals surface area contributed by atoms with Crippen molar-refractivity contribution in [2.24, 2.45) is 0 Å². The minimum absolute atomic E-state index is 0.100. The lowest BCUT2D eigenvalue weighted by atomic mass is 10.2. The highest BCUT2D eigenvalue weighted by molar-refractivity contribution is 8.01. The molecule has 0 fully saturated rings. The number of alkyl halides is 3. The Kier molecular flexibility index (Phi) is 7.06. The highest BCUT2D eigenvalue weighted by Crippen LogP contribution is 2.34. The number of hydrogen-bond acceptors (Lipinski definition) is 5. The van der Waals surface area contributed by atoms with E-state index in [1.807, 2.05) is 30.3 Å². The maximum absolute atomic E-state index is 12.6. The van der Waals surface area contributed by atoms with Crippen molar-refractivity contribution in [1.29, 1.82) is 0 Å². The molecular formula is C19H19F3N2O3S. The van der Waals surface area contributed by atoms with E-state index in [1.165, 1.54) is 6.07 Å². The van der Waals surface area contributed by atoms with Crippen molar-refractivity contribution in [2.75, 3.05) is 6.54 Å². The lowest BCUT2D eigenvalue weighted by Gasteiger charge is -2.22. The molecule has 2 aromatic rings. The molecule has 1 aromatic heterocycles. The van der Waals surface area contributed by atoms with Crippen LogP contribution >= 0.6 is 11.8 Å². The van der Waals surface area contributed by atoms with Crippen molar-refractivity contribution >= 4 is 23.6 Å². The van der Waals surface area contributed by atoms with Crippen molar-refractivity contribution in [3.8, 4) is 0 Å². The number of ether oxygens (including phenoxy) is 1. The summed E-state index contributed by atoms with van der Waals surface area (Å²) in [5.41, 5.74) is -0.0355. The van der Waals surface area contributed by atoms with Gasteiger partial charge in [-0.15, -0.1) is 0 Å². The van der Waals surface area contributed by atoms with Crippen LogP contribution in [0.2, 0.25) is 0 Å². The van der Waals surface area contributed by atoms with Gasteiger partial charge in [-0.05, 0) is 31.5 Å². The van der Waals surface area contributed by atoms with Crippen molar-refractivity contribution in [1.82, 2.24) is 10.3 Å². The van der Waals surface area contributed by atoms with Crippen LogP contribution in [0.5, 0.6) is 0 Å². The lowest BCUT2D eigenvalue weighted by molar-refractivity contribution is -0.145. The molecule has 1 heterocycles. The summed E-state index contributed by atoms with van der Waals surface area (Å²) in [4.78, 5) is 27.8. The van der Waals surface area contributed by atoms with Gasteiger partial charge in [0.25, 0.3) is 0 Å². The fraction of sp³-hybridized carbons (Fsp3) is 0.316. The van der Waals surface area contributed by atoms with Gasteiger partial charge in [-0.3, -0.25) is 9.59 Å². The zero-order valence-corrected chi connectivity index (χ0v) is 16.1. The molecule has 2 rings (SSSR count). The van der Waals surface area contributed by atoms with E-state index < -0.39 is 28.4 Å². The fourth-order valence-corrected chi connectivity index (χ4v) is 3.00. The van der Waals surface area contributed by atoms with E-state index >= 15 is 0 Å². The van der Waals surface area contributed by atoms with Gasteiger partial charge in [0.15, 0.2) is 0 Å². The van der Waals surface area contributed by atoms with E-state index in [4.69, 9.17) is 4.74 Å². The molecule has 0 aliphatic heterocycles. The Bertz CT molecular complexity index is 809. The maximum Gasteiger partial charge on any atom is 0.417 e. The first-order chi connectivity index (χ1) is 13.1. The summed E-state index contributed by atoms with van der Waals surface area (Å²) in [6, 6.07) is 11.2. The zero-order chi connectivity index (χ0) is 20.8. The molecule has 0 unspecified atom stereocenters. The standard InChI is InChI=1S/C19H19F3N2O3S/c1-18(2,28-15-9-8-14(10-23-15)19(20,21)22)17(26)24-11-16(25)27-12-13-6-4-3-5-7-13/h3-10H,11-12H2,1-2H3,(H,24,26). The summed E-state index contributed by atoms with van der Waals surface area (Å²) < 4.78 is 41.8. The predicted molar refractivity (Wildman–Crippen MR) is 98.4 cm³/mol. The third-order valence-electron chi connectivity index (χ3n) is 3.61. The van der Waals surface area contributed by atoms with Crippen molar-refractivity contribution in [3.05, 3.63) is 59.8 Å². The van der Waals surface area contributed by atoms with E-state index in [9.17, 15) is 22.8 Å². The number of carbonyl (C=O) groups is 2. The third-order valence-corrected chi connectivity index (χ3v) is 4.75. The molecule has 28 heavy (non-hydrogen) atoms. The molecule has 0 bridgehead atoms. The van der Waals surface area contributed by atoms with Crippen LogP contribution < -0.4 is 5.32 Å². The molecule has 0 saturated heterocycles. The average molecular weight is 412 g/mol. The summed E-state index contributed by atoms with van der Waals surface area (Å²) in [5, 5.41) is 2.74. The minimum atomic E-state index is -4.47. The SMILES string of the molecule is CC(C)(Sc1ccc(C(F)(F)F)cn1)C(=O)NCC(=O)OCc1ccccc1. The first-order valence-corrected chi connectivity index (χ1v) is 9.10. The molecule has 1 N–H and O–H groups in total. The second-order valence-electron chi connectivity index (χ2n) is 6.32. The number of benzene rings is 1. The third kappa shape index (κ3) is 6.56. The van der Waals surface area contributed by atoms with Gasteiger partial charge in [0.2, 0.25) is 5.91 Å². The molecule has 0 spiro atoms. The van der Waals surface area contributed by atoms with Crippen LogP contribution in [0.4, 0.5) is 13.2 Å². The number of pyridine rings is 1. The molecular weight excluding hydrogens is 393 g/mol. The Balaban J connectivity index is 1.83. The van der Waals surface area contributed by atoms with Crippen molar-refractivity contribution < 1.29 is 27.5 Å². The van der Waals surface area contributed by atoms with Crippen LogP contribution in [0.15, 0.2) is 53.7 Å². The Morgan fingerprint density at radius 3 is 2.36 bits per heavy atom. The Morgan fingerprint density at radius 2 is 1.79 bits per heavy atom. The molecule has 1 amide bonds. The molecule has 0 atom stereocenters. The first kappa shape index (κ1) is 21.7. The van der Waals surface area contributed by atoms with Crippen molar-refractivity contribution in [2.45, 2.75) is 36.4 Å². The second-order valence-corrected chi connectivity index (χ2v) is 7.97. The number of thioether (sulfide) groups is 1. The zero-order valence-electron chi connectivity index (χ0n) is 15.2. The molecule has 150 valence electrons. The van der Waals surface area contributed by atoms with E-state index in [0.29, 0.717) is 0 Å². The number of rotatable bonds is 7. The molecule has 0 saturated carbocycles. The maximum atomic E-state index is 12.6. The Hall–Kier alpha value is -2.55. The van der Waals surface area contributed by atoms with Gasteiger partial charge in [-0.1, -0.05) is 42.1 Å². The molecule has 0 aliphatic rings. The van der Waals surface area contributed by atoms with Gasteiger partial charge in [0.05, 0.1) is 15.3 Å². The molecule has 0 aliphatic carbocycles. The van der Waals surface area contributed by atoms with Crippen LogP contribution in [-0.2, 0) is 27.1 Å². The number of halogens is 3. The summed E-state index contributed by atoms with van der Waals surface area (Å²) in [7, 11) is 0. The molecule has 5 nitrogen and oxygen atoms in total. The first-order valence-electron chi connectivity index (χ1n) is 8.28. The van der Waals surface area contributed by atoms with Crippen LogP contribution in [0.3, 0.4) is 0 Å². The Morgan fingerprint density at radius 1 is 1.11 bits per heavy atom. The summed E-state index contributed by atoms with van der Waals surface area (Å²) >= 11 is 0.993. The number of esters is 1. The minimum Gasteiger partial charge on any atom is -0.460 e. The van der Waals surface area contributed by atoms with E-state index in [0.717, 1.165) is 29.6 Å². The van der Waals surface area contributed by atoms with Crippen LogP contribution in [0, 0.1) is 0 Å². The molecule has 1 aromatic carbocycles. The second kappa shape index (κ2) is 9.09. The number of amides is 1. The van der Waals surface area contributed by atoms with E-state index in [1.54, 1.807) is 13.8 Å². The van der Waals surface area contributed by atoms with E-state index in [2.05, 4.69) is 10.3 Å². The van der Waals surface area contributed by atoms with Crippen LogP contribution in [0.25, 0.3) is 0 Å². The highest BCUT2D eigenvalue weighted by atomic mass is 32.2. The molecule has 0 radical (unpaired) electrons. The normalized spacial score (nSPS) is 11.8. The van der Waals surface area contributed by atoms with Gasteiger partial charge in [0, 0.05) is 6.20 Å². The smallest absolute Gasteiger partial charge is 0.417 e. The van der Waals surface area contributed by atoms with Crippen molar-refractivity contribution in [3.63, 3.8) is 0 Å². The summed E-state index contributed by atoms with van der Waals surface area (Å²) in [6.07, 6.45) is -3.75. The number of hydrogen-bond donors (Lipinski definition) is 1. The largest absolute Gasteiger partial charge is 0.460 e. The summed E-state index contributed by atoms with van der Waals surface area (Å²) in [5.74, 6) is -1.05. The summed E-state index contributed by atoms with van der Waals surface area (Å²) in [6.45, 7) is 2.96. The average Bonchev–Trinajstić information content (AvgIpc) is 2.64. The van der Waals surface area contributed by atoms with Gasteiger partial charge in [-0.2, -0.15) is 13.2 Å². The van der Waals surface area contributed by atoms with Crippen LogP contribution in [0.1, 0.15) is 25.0 Å². The monoisotopic (exact) mass is 412 g/mol. The number of nitrogens with one attached hydrogen (secondary N) is 1. The number of carbonyl (C=O) groups excluding carboxylic acids is 2. The fourth-order valence-electron chi connectivity index (χ4n) is 2.07. The predicted octanol–water partition coefficient (Wildman–Crippen LogP) is 3.83. The van der Waals surface area contributed by atoms with Gasteiger partial charge >= 0.3 is 12.1 Å². The molecule has 9 heteroatoms. The van der Waals surface area contributed by atoms with Gasteiger partial charge in [0.1, 0.15) is 13.2 Å². The number of nitrogens with zero attached hydrogens (tertiary/aromatic N) is 1. The van der Waals surface area contributed by atoms with Crippen LogP contribution in [-0.4, -0.2) is 28.2 Å². The highest BCUT2D eigenvalue weighted by Gasteiger charge is 2.32. The van der Waals surface area contributed by atoms with Gasteiger partial charge in [-0.25, -0.2) is 4.98 Å². The lowest BCUT2D eigenvalue weighted by Crippen LogP contribution is -2.42. The Labute approximate surface area is 164 Å². The quantitative estimate of drug-likeness (QED) is 0.553. The van der Waals surface area contributed by atoms with E-state index in [-0.39, 0.29) is 18.2 Å². The number of aromatic nitrogens is 1.